The molecule has 0 aliphatic heterocycles. The summed E-state index contributed by atoms with van der Waals surface area (Å²) in [6.07, 6.45) is 2.15. The van der Waals surface area contributed by atoms with Crippen LogP contribution in [0, 0.1) is 3.70 Å². The zero-order valence-corrected chi connectivity index (χ0v) is 12.3. The lowest BCUT2D eigenvalue weighted by molar-refractivity contribution is 0.0695. The van der Waals surface area contributed by atoms with Crippen LogP contribution < -0.4 is 4.74 Å². The third-order valence-electron chi connectivity index (χ3n) is 2.53. The fourth-order valence-electron chi connectivity index (χ4n) is 1.59. The van der Waals surface area contributed by atoms with Crippen LogP contribution in [0.1, 0.15) is 16.8 Å². The molecule has 0 spiro atoms. The number of para-hydroxylation sites is 1. The Hall–Kier alpha value is -1.57. The molecule has 0 atom stereocenters. The van der Waals surface area contributed by atoms with Crippen molar-refractivity contribution in [2.75, 3.05) is 6.61 Å². The third kappa shape index (κ3) is 3.69. The number of benzene rings is 1. The normalized spacial score (nSPS) is 10.4. The highest BCUT2D eigenvalue weighted by atomic mass is 127. The van der Waals surface area contributed by atoms with Gasteiger partial charge in [-0.1, -0.05) is 18.2 Å². The highest BCUT2D eigenvalue weighted by Gasteiger charge is 2.13. The van der Waals surface area contributed by atoms with Gasteiger partial charge in [0, 0.05) is 13.0 Å². The van der Waals surface area contributed by atoms with Gasteiger partial charge in [-0.2, -0.15) is 5.10 Å². The van der Waals surface area contributed by atoms with Crippen molar-refractivity contribution in [2.24, 2.45) is 0 Å². The monoisotopic (exact) mass is 372 g/mol. The van der Waals surface area contributed by atoms with E-state index < -0.39 is 5.97 Å². The van der Waals surface area contributed by atoms with Crippen LogP contribution in [0.25, 0.3) is 0 Å². The molecule has 2 aromatic rings. The van der Waals surface area contributed by atoms with E-state index in [0.717, 1.165) is 12.2 Å². The van der Waals surface area contributed by atoms with Gasteiger partial charge < -0.3 is 9.84 Å². The van der Waals surface area contributed by atoms with Crippen molar-refractivity contribution in [1.82, 2.24) is 9.78 Å². The van der Waals surface area contributed by atoms with Crippen molar-refractivity contribution in [3.63, 3.8) is 0 Å². The van der Waals surface area contributed by atoms with Crippen molar-refractivity contribution < 1.29 is 14.6 Å². The fourth-order valence-corrected chi connectivity index (χ4v) is 2.33. The Morgan fingerprint density at radius 1 is 1.37 bits per heavy atom. The number of carbonyl (C=O) groups is 1. The van der Waals surface area contributed by atoms with E-state index in [4.69, 9.17) is 9.84 Å². The second-order valence-electron chi connectivity index (χ2n) is 3.89. The molecule has 0 radical (unpaired) electrons. The minimum atomic E-state index is -0.948. The summed E-state index contributed by atoms with van der Waals surface area (Å²) in [6, 6.07) is 9.59. The smallest absolute Gasteiger partial charge is 0.340 e. The van der Waals surface area contributed by atoms with E-state index in [1.807, 2.05) is 52.9 Å². The second-order valence-corrected chi connectivity index (χ2v) is 4.91. The largest absolute Gasteiger partial charge is 0.494 e. The molecule has 0 saturated heterocycles. The van der Waals surface area contributed by atoms with Gasteiger partial charge in [-0.05, 0) is 34.7 Å². The highest BCUT2D eigenvalue weighted by molar-refractivity contribution is 14.1. The predicted octanol–water partition coefficient (Wildman–Crippen LogP) is 2.66. The Labute approximate surface area is 124 Å². The standard InChI is InChI=1S/C13H13IN2O3/c14-12-11(13(17)18)9-15-16(12)7-4-8-19-10-5-2-1-3-6-10/h1-3,5-6,9H,4,7-8H2,(H,17,18). The molecule has 19 heavy (non-hydrogen) atoms. The zero-order valence-electron chi connectivity index (χ0n) is 10.1. The summed E-state index contributed by atoms with van der Waals surface area (Å²) in [5.74, 6) is -0.111. The molecule has 1 aromatic carbocycles. The molecule has 2 rings (SSSR count). The lowest BCUT2D eigenvalue weighted by Crippen LogP contribution is -2.08. The van der Waals surface area contributed by atoms with E-state index >= 15 is 0 Å². The molecule has 0 fully saturated rings. The van der Waals surface area contributed by atoms with Gasteiger partial charge in [0.25, 0.3) is 0 Å². The summed E-state index contributed by atoms with van der Waals surface area (Å²) in [5, 5.41) is 13.0. The minimum Gasteiger partial charge on any atom is -0.494 e. The van der Waals surface area contributed by atoms with E-state index in [1.165, 1.54) is 6.20 Å². The molecule has 0 unspecified atom stereocenters. The summed E-state index contributed by atoms with van der Waals surface area (Å²) in [6.45, 7) is 1.21. The van der Waals surface area contributed by atoms with E-state index in [-0.39, 0.29) is 5.56 Å². The number of aromatic nitrogens is 2. The Kier molecular flexibility index (Phi) is 4.78. The van der Waals surface area contributed by atoms with Gasteiger partial charge in [0.15, 0.2) is 0 Å². The number of aryl methyl sites for hydroxylation is 1. The van der Waals surface area contributed by atoms with E-state index in [1.54, 1.807) is 4.68 Å². The number of nitrogens with zero attached hydrogens (tertiary/aromatic N) is 2. The summed E-state index contributed by atoms with van der Waals surface area (Å²) in [5.41, 5.74) is 0.240. The molecule has 100 valence electrons. The molecule has 0 saturated carbocycles. The van der Waals surface area contributed by atoms with Crippen molar-refractivity contribution in [2.45, 2.75) is 13.0 Å². The average molecular weight is 372 g/mol. The number of carboxylic acid groups (broad SMARTS) is 1. The van der Waals surface area contributed by atoms with Crippen molar-refractivity contribution in [3.8, 4) is 5.75 Å². The van der Waals surface area contributed by atoms with Gasteiger partial charge in [0.05, 0.1) is 12.8 Å². The van der Waals surface area contributed by atoms with Crippen LogP contribution in [0.3, 0.4) is 0 Å². The van der Waals surface area contributed by atoms with Gasteiger partial charge in [-0.25, -0.2) is 4.79 Å². The van der Waals surface area contributed by atoms with E-state index in [0.29, 0.717) is 16.9 Å². The van der Waals surface area contributed by atoms with Crippen LogP contribution in [0.4, 0.5) is 0 Å². The number of carboxylic acids is 1. The van der Waals surface area contributed by atoms with Crippen molar-refractivity contribution in [1.29, 1.82) is 0 Å². The number of aromatic carboxylic acids is 1. The summed E-state index contributed by atoms with van der Waals surface area (Å²) in [4.78, 5) is 10.9. The first-order valence-electron chi connectivity index (χ1n) is 5.81. The Morgan fingerprint density at radius 2 is 2.11 bits per heavy atom. The quantitative estimate of drug-likeness (QED) is 0.626. The molecule has 5 nitrogen and oxygen atoms in total. The highest BCUT2D eigenvalue weighted by Crippen LogP contribution is 2.13. The first-order valence-corrected chi connectivity index (χ1v) is 6.89. The van der Waals surface area contributed by atoms with Gasteiger partial charge in [-0.3, -0.25) is 4.68 Å². The van der Waals surface area contributed by atoms with E-state index in [9.17, 15) is 4.79 Å². The molecular formula is C13H13IN2O3. The minimum absolute atomic E-state index is 0.240. The van der Waals surface area contributed by atoms with Crippen LogP contribution in [0.2, 0.25) is 0 Å². The first kappa shape index (κ1) is 13.9. The average Bonchev–Trinajstić information content (AvgIpc) is 2.77. The van der Waals surface area contributed by atoms with Crippen molar-refractivity contribution >= 4 is 28.6 Å². The molecule has 0 amide bonds. The maximum atomic E-state index is 10.9. The van der Waals surface area contributed by atoms with Crippen LogP contribution in [0.15, 0.2) is 36.5 Å². The number of hydrogen-bond acceptors (Lipinski definition) is 3. The molecule has 0 bridgehead atoms. The topological polar surface area (TPSA) is 64.3 Å². The number of rotatable bonds is 6. The maximum absolute atomic E-state index is 10.9. The number of ether oxygens (including phenoxy) is 1. The lowest BCUT2D eigenvalue weighted by atomic mass is 10.3. The van der Waals surface area contributed by atoms with Gasteiger partial charge in [0.2, 0.25) is 0 Å². The van der Waals surface area contributed by atoms with Crippen molar-refractivity contribution in [3.05, 3.63) is 45.8 Å². The van der Waals surface area contributed by atoms with Crippen LogP contribution in [-0.4, -0.2) is 27.5 Å². The summed E-state index contributed by atoms with van der Waals surface area (Å²) < 4.78 is 7.88. The maximum Gasteiger partial charge on any atom is 0.340 e. The van der Waals surface area contributed by atoms with Crippen LogP contribution in [0.5, 0.6) is 5.75 Å². The molecule has 1 heterocycles. The van der Waals surface area contributed by atoms with Gasteiger partial charge in [0.1, 0.15) is 15.0 Å². The zero-order chi connectivity index (χ0) is 13.7. The molecular weight excluding hydrogens is 359 g/mol. The predicted molar refractivity (Wildman–Crippen MR) is 78.5 cm³/mol. The molecule has 1 aromatic heterocycles. The fraction of sp³-hybridized carbons (Fsp3) is 0.231. The number of hydrogen-bond donors (Lipinski definition) is 1. The van der Waals surface area contributed by atoms with Crippen LogP contribution in [-0.2, 0) is 6.54 Å². The van der Waals surface area contributed by atoms with E-state index in [2.05, 4.69) is 5.10 Å². The van der Waals surface area contributed by atoms with Crippen LogP contribution >= 0.6 is 22.6 Å². The summed E-state index contributed by atoms with van der Waals surface area (Å²) >= 11 is 1.99. The summed E-state index contributed by atoms with van der Waals surface area (Å²) in [7, 11) is 0. The first-order chi connectivity index (χ1) is 9.18. The third-order valence-corrected chi connectivity index (χ3v) is 3.67. The lowest BCUT2D eigenvalue weighted by Gasteiger charge is -2.06. The Balaban J connectivity index is 1.82. The van der Waals surface area contributed by atoms with Gasteiger partial charge in [-0.15, -0.1) is 0 Å². The molecule has 0 aliphatic rings. The molecule has 0 aliphatic carbocycles. The second kappa shape index (κ2) is 6.55. The van der Waals surface area contributed by atoms with Gasteiger partial charge >= 0.3 is 5.97 Å². The molecule has 6 heteroatoms. The number of halogens is 1. The molecule has 1 N–H and O–H groups in total. The SMILES string of the molecule is O=C(O)c1cnn(CCCOc2ccccc2)c1I. The Morgan fingerprint density at radius 3 is 2.74 bits per heavy atom. The Bertz CT molecular complexity index is 554.